The van der Waals surface area contributed by atoms with Gasteiger partial charge in [0.1, 0.15) is 0 Å². The summed E-state index contributed by atoms with van der Waals surface area (Å²) in [4.78, 5) is 25.1. The van der Waals surface area contributed by atoms with Crippen LogP contribution < -0.4 is 21.1 Å². The van der Waals surface area contributed by atoms with Crippen LogP contribution in [0.15, 0.2) is 33.9 Å². The summed E-state index contributed by atoms with van der Waals surface area (Å²) in [6.07, 6.45) is 0. The van der Waals surface area contributed by atoms with E-state index < -0.39 is 10.9 Å². The Bertz CT molecular complexity index is 638. The fourth-order valence-corrected chi connectivity index (χ4v) is 1.94. The number of aliphatic hydroxyl groups is 1. The maximum Gasteiger partial charge on any atom is 0.250 e. The van der Waals surface area contributed by atoms with Crippen LogP contribution in [0.1, 0.15) is 0 Å². The summed E-state index contributed by atoms with van der Waals surface area (Å²) in [6.45, 7) is 0.172. The zero-order valence-electron chi connectivity index (χ0n) is 10.9. The number of hydrogen-bond donors (Lipinski definition) is 2. The Balaban J connectivity index is 2.34. The van der Waals surface area contributed by atoms with Gasteiger partial charge in [0, 0.05) is 26.3 Å². The largest absolute Gasteiger partial charge is 0.395 e. The molecule has 0 bridgehead atoms. The van der Waals surface area contributed by atoms with Gasteiger partial charge < -0.3 is 15.3 Å². The summed E-state index contributed by atoms with van der Waals surface area (Å²) in [6, 6.07) is 7.41. The van der Waals surface area contributed by atoms with E-state index in [-0.39, 0.29) is 13.2 Å². The van der Waals surface area contributed by atoms with Gasteiger partial charge in [0.05, 0.1) is 17.9 Å². The van der Waals surface area contributed by atoms with Crippen molar-refractivity contribution in [3.05, 3.63) is 44.7 Å². The van der Waals surface area contributed by atoms with Crippen LogP contribution in [-0.4, -0.2) is 32.4 Å². The Labute approximate surface area is 110 Å². The summed E-state index contributed by atoms with van der Waals surface area (Å²) in [5.41, 5.74) is 1.46. The van der Waals surface area contributed by atoms with Crippen LogP contribution in [0.4, 0.5) is 11.4 Å². The molecule has 2 aromatic rings. The summed E-state index contributed by atoms with van der Waals surface area (Å²) in [5.74, 6) is 0. The smallest absolute Gasteiger partial charge is 0.250 e. The molecule has 0 atom stereocenters. The van der Waals surface area contributed by atoms with Crippen molar-refractivity contribution in [1.82, 2.24) is 0 Å². The molecule has 0 aliphatic carbocycles. The lowest BCUT2D eigenvalue weighted by Crippen LogP contribution is -2.36. The van der Waals surface area contributed by atoms with E-state index in [1.165, 1.54) is 0 Å². The molecule has 0 aliphatic heterocycles. The van der Waals surface area contributed by atoms with Gasteiger partial charge in [-0.05, 0) is 17.7 Å². The van der Waals surface area contributed by atoms with Crippen LogP contribution >= 0.6 is 0 Å². The predicted octanol–water partition coefficient (Wildman–Crippen LogP) is 0.420. The number of hydrogen-bond acceptors (Lipinski definition) is 5. The minimum absolute atomic E-state index is 0.0855. The maximum absolute atomic E-state index is 11.6. The van der Waals surface area contributed by atoms with Gasteiger partial charge in [-0.2, -0.15) is 0 Å². The monoisotopic (exact) mass is 260 g/mol. The Morgan fingerprint density at radius 2 is 1.74 bits per heavy atom. The molecule has 100 valence electrons. The molecule has 0 radical (unpaired) electrons. The highest BCUT2D eigenvalue weighted by molar-refractivity contribution is 5.82. The average molecular weight is 260 g/mol. The Hall–Kier alpha value is -2.14. The molecule has 5 nitrogen and oxygen atoms in total. The second-order valence-electron chi connectivity index (χ2n) is 4.50. The lowest BCUT2D eigenvalue weighted by Gasteiger charge is -2.15. The number of benzene rings is 1. The third-order valence-electron chi connectivity index (χ3n) is 3.00. The fraction of sp³-hybridized carbons (Fsp3) is 0.286. The SMILES string of the molecule is CN(C)c1ccc(-c2c(NCCO)c(=O)c2=O)cc1. The number of aliphatic hydroxyl groups excluding tert-OH is 1. The molecule has 19 heavy (non-hydrogen) atoms. The van der Waals surface area contributed by atoms with Gasteiger partial charge in [0.15, 0.2) is 0 Å². The quantitative estimate of drug-likeness (QED) is 0.762. The summed E-state index contributed by atoms with van der Waals surface area (Å²) >= 11 is 0. The number of nitrogens with zero attached hydrogens (tertiary/aromatic N) is 1. The van der Waals surface area contributed by atoms with Crippen LogP contribution in [-0.2, 0) is 0 Å². The third kappa shape index (κ3) is 2.37. The Kier molecular flexibility index (Phi) is 3.66. The third-order valence-corrected chi connectivity index (χ3v) is 3.00. The van der Waals surface area contributed by atoms with Crippen molar-refractivity contribution in [2.75, 3.05) is 37.5 Å². The van der Waals surface area contributed by atoms with Gasteiger partial charge in [-0.1, -0.05) is 12.1 Å². The molecule has 2 rings (SSSR count). The van der Waals surface area contributed by atoms with Gasteiger partial charge in [-0.15, -0.1) is 0 Å². The van der Waals surface area contributed by atoms with Crippen molar-refractivity contribution in [1.29, 1.82) is 0 Å². The maximum atomic E-state index is 11.6. The van der Waals surface area contributed by atoms with Gasteiger partial charge in [-0.25, -0.2) is 0 Å². The number of rotatable bonds is 5. The first-order valence-electron chi connectivity index (χ1n) is 6.02. The topological polar surface area (TPSA) is 69.6 Å². The molecular formula is C14H16N2O3. The van der Waals surface area contributed by atoms with E-state index in [1.54, 1.807) is 0 Å². The molecule has 0 aromatic heterocycles. The molecule has 2 N–H and O–H groups in total. The van der Waals surface area contributed by atoms with E-state index in [0.29, 0.717) is 11.3 Å². The van der Waals surface area contributed by atoms with Crippen molar-refractivity contribution < 1.29 is 5.11 Å². The number of nitrogens with one attached hydrogen (secondary N) is 1. The minimum Gasteiger partial charge on any atom is -0.395 e. The predicted molar refractivity (Wildman–Crippen MR) is 76.7 cm³/mol. The summed E-state index contributed by atoms with van der Waals surface area (Å²) in [7, 11) is 3.86. The van der Waals surface area contributed by atoms with Crippen molar-refractivity contribution in [2.24, 2.45) is 0 Å². The molecule has 0 fully saturated rings. The highest BCUT2D eigenvalue weighted by atomic mass is 16.3. The second kappa shape index (κ2) is 5.24. The zero-order chi connectivity index (χ0) is 14.0. The first kappa shape index (κ1) is 13.3. The highest BCUT2D eigenvalue weighted by Gasteiger charge is 2.21. The molecule has 0 spiro atoms. The van der Waals surface area contributed by atoms with Crippen molar-refractivity contribution in [3.63, 3.8) is 0 Å². The summed E-state index contributed by atoms with van der Waals surface area (Å²) < 4.78 is 0. The summed E-state index contributed by atoms with van der Waals surface area (Å²) in [5, 5.41) is 11.5. The molecule has 0 saturated heterocycles. The minimum atomic E-state index is -0.514. The van der Waals surface area contributed by atoms with E-state index >= 15 is 0 Å². The van der Waals surface area contributed by atoms with Gasteiger partial charge in [0.2, 0.25) is 10.9 Å². The van der Waals surface area contributed by atoms with Crippen molar-refractivity contribution >= 4 is 11.4 Å². The van der Waals surface area contributed by atoms with E-state index in [0.717, 1.165) is 11.3 Å². The second-order valence-corrected chi connectivity index (χ2v) is 4.50. The fourth-order valence-electron chi connectivity index (χ4n) is 1.94. The zero-order valence-corrected chi connectivity index (χ0v) is 10.9. The normalized spacial score (nSPS) is 10.7. The lowest BCUT2D eigenvalue weighted by atomic mass is 9.98. The van der Waals surface area contributed by atoms with Crippen LogP contribution in [0.2, 0.25) is 0 Å². The Morgan fingerprint density at radius 1 is 1.11 bits per heavy atom. The van der Waals surface area contributed by atoms with Gasteiger partial charge in [0.25, 0.3) is 0 Å². The Morgan fingerprint density at radius 3 is 2.26 bits per heavy atom. The molecule has 5 heteroatoms. The lowest BCUT2D eigenvalue weighted by molar-refractivity contribution is 0.311. The van der Waals surface area contributed by atoms with Crippen LogP contribution in [0.5, 0.6) is 0 Å². The van der Waals surface area contributed by atoms with E-state index in [4.69, 9.17) is 5.11 Å². The van der Waals surface area contributed by atoms with Crippen molar-refractivity contribution in [3.8, 4) is 11.1 Å². The molecular weight excluding hydrogens is 244 g/mol. The van der Waals surface area contributed by atoms with Crippen molar-refractivity contribution in [2.45, 2.75) is 0 Å². The molecule has 0 heterocycles. The van der Waals surface area contributed by atoms with Crippen LogP contribution in [0, 0.1) is 0 Å². The standard InChI is InChI=1S/C14H16N2O3/c1-16(2)10-5-3-9(4-6-10)11-12(15-7-8-17)14(19)13(11)18/h3-6,15,17H,7-8H2,1-2H3. The first-order chi connectivity index (χ1) is 9.06. The average Bonchev–Trinajstić information content (AvgIpc) is 2.42. The number of anilines is 2. The van der Waals surface area contributed by atoms with Gasteiger partial charge >= 0.3 is 0 Å². The molecule has 0 aliphatic rings. The molecule has 0 saturated carbocycles. The van der Waals surface area contributed by atoms with E-state index in [9.17, 15) is 9.59 Å². The van der Waals surface area contributed by atoms with Crippen LogP contribution in [0.25, 0.3) is 11.1 Å². The van der Waals surface area contributed by atoms with Gasteiger partial charge in [-0.3, -0.25) is 9.59 Å². The molecule has 2 aromatic carbocycles. The molecule has 0 unspecified atom stereocenters. The van der Waals surface area contributed by atoms with E-state index in [2.05, 4.69) is 5.32 Å². The first-order valence-corrected chi connectivity index (χ1v) is 6.02. The van der Waals surface area contributed by atoms with Crippen LogP contribution in [0.3, 0.4) is 0 Å². The van der Waals surface area contributed by atoms with E-state index in [1.807, 2.05) is 43.3 Å². The highest BCUT2D eigenvalue weighted by Crippen LogP contribution is 2.25. The molecule has 0 amide bonds.